The summed E-state index contributed by atoms with van der Waals surface area (Å²) < 4.78 is 29.7. The summed E-state index contributed by atoms with van der Waals surface area (Å²) in [5.74, 6) is -0.0154. The Hall–Kier alpha value is -3.22. The highest BCUT2D eigenvalue weighted by Crippen LogP contribution is 2.29. The van der Waals surface area contributed by atoms with E-state index in [1.165, 1.54) is 18.2 Å². The van der Waals surface area contributed by atoms with Gasteiger partial charge in [-0.2, -0.15) is 5.26 Å². The van der Waals surface area contributed by atoms with Crippen molar-refractivity contribution in [3.63, 3.8) is 0 Å². The van der Waals surface area contributed by atoms with Crippen LogP contribution in [0.2, 0.25) is 0 Å². The van der Waals surface area contributed by atoms with Crippen molar-refractivity contribution in [2.75, 3.05) is 18.2 Å². The van der Waals surface area contributed by atoms with E-state index in [2.05, 4.69) is 10.3 Å². The van der Waals surface area contributed by atoms with E-state index in [0.29, 0.717) is 28.1 Å². The molecule has 0 aliphatic carbocycles. The van der Waals surface area contributed by atoms with Crippen LogP contribution >= 0.6 is 11.3 Å². The summed E-state index contributed by atoms with van der Waals surface area (Å²) in [6.07, 6.45) is 3.43. The molecule has 2 aromatic carbocycles. The molecule has 1 amide bonds. The number of fused-ring (bicyclic) bond motifs is 1. The van der Waals surface area contributed by atoms with E-state index >= 15 is 0 Å². The van der Waals surface area contributed by atoms with Crippen LogP contribution in [0.1, 0.15) is 18.9 Å². The van der Waals surface area contributed by atoms with Gasteiger partial charge in [0.05, 0.1) is 21.7 Å². The fraction of sp³-hybridized carbons (Fsp3) is 0.190. The number of nitriles is 1. The number of benzene rings is 2. The number of aromatic nitrogens is 1. The first-order valence-corrected chi connectivity index (χ1v) is 11.8. The van der Waals surface area contributed by atoms with Gasteiger partial charge in [0.1, 0.15) is 17.4 Å². The van der Waals surface area contributed by atoms with Gasteiger partial charge in [0.25, 0.3) is 5.91 Å². The minimum Gasteiger partial charge on any atom is -0.493 e. The molecular weight excluding hydrogens is 422 g/mol. The Morgan fingerprint density at radius 3 is 2.77 bits per heavy atom. The van der Waals surface area contributed by atoms with E-state index in [1.54, 1.807) is 24.3 Å². The van der Waals surface area contributed by atoms with E-state index < -0.39 is 15.7 Å². The molecule has 1 N–H and O–H groups in total. The summed E-state index contributed by atoms with van der Waals surface area (Å²) in [6.45, 7) is 2.52. The van der Waals surface area contributed by atoms with Crippen LogP contribution in [0.4, 0.5) is 5.13 Å². The summed E-state index contributed by atoms with van der Waals surface area (Å²) >= 11 is 1.14. The lowest BCUT2D eigenvalue weighted by molar-refractivity contribution is -0.112. The van der Waals surface area contributed by atoms with Crippen LogP contribution in [-0.2, 0) is 14.6 Å². The number of hydrogen-bond donors (Lipinski definition) is 1. The number of ether oxygens (including phenoxy) is 1. The Kier molecular flexibility index (Phi) is 6.50. The van der Waals surface area contributed by atoms with Gasteiger partial charge in [0.2, 0.25) is 0 Å². The molecule has 0 saturated heterocycles. The zero-order valence-electron chi connectivity index (χ0n) is 16.4. The normalized spacial score (nSPS) is 11.8. The van der Waals surface area contributed by atoms with Gasteiger partial charge in [0, 0.05) is 11.8 Å². The van der Waals surface area contributed by atoms with E-state index in [9.17, 15) is 18.5 Å². The number of nitrogens with one attached hydrogen (secondary N) is 1. The molecule has 3 aromatic rings. The number of sulfone groups is 1. The molecular formula is C21H19N3O4S2. The van der Waals surface area contributed by atoms with Crippen LogP contribution in [0, 0.1) is 11.3 Å². The molecule has 1 heterocycles. The van der Waals surface area contributed by atoms with E-state index in [0.717, 1.165) is 24.0 Å². The van der Waals surface area contributed by atoms with E-state index in [-0.39, 0.29) is 15.6 Å². The Morgan fingerprint density at radius 1 is 1.30 bits per heavy atom. The average molecular weight is 442 g/mol. The first kappa shape index (κ1) is 21.5. The second kappa shape index (κ2) is 9.07. The highest BCUT2D eigenvalue weighted by atomic mass is 32.2. The maximum absolute atomic E-state index is 12.6. The molecule has 0 radical (unpaired) electrons. The number of carbonyl (C=O) groups excluding carboxylic acids is 1. The van der Waals surface area contributed by atoms with Crippen molar-refractivity contribution in [2.24, 2.45) is 0 Å². The minimum atomic E-state index is -3.34. The first-order chi connectivity index (χ1) is 14.3. The van der Waals surface area contributed by atoms with Crippen molar-refractivity contribution in [1.82, 2.24) is 4.98 Å². The Bertz CT molecular complexity index is 1270. The molecule has 0 saturated carbocycles. The van der Waals surface area contributed by atoms with Crippen molar-refractivity contribution < 1.29 is 17.9 Å². The standard InChI is InChI=1S/C21H19N3O4S2/c1-3-10-28-18-7-5-4-6-14(18)11-15(13-22)20(25)24-21-23-17-9-8-16(30(2,26)27)12-19(17)29-21/h4-9,11-12H,3,10H2,1-2H3,(H,23,24,25)/b15-11+. The van der Waals surface area contributed by atoms with Crippen LogP contribution in [0.15, 0.2) is 52.9 Å². The SMILES string of the molecule is CCCOc1ccccc1/C=C(\C#N)C(=O)Nc1nc2ccc(S(C)(=O)=O)cc2s1. The van der Waals surface area contributed by atoms with Gasteiger partial charge in [-0.15, -0.1) is 0 Å². The third-order valence-corrected chi connectivity index (χ3v) is 6.10. The predicted octanol–water partition coefficient (Wildman–Crippen LogP) is 4.03. The molecule has 0 bridgehead atoms. The van der Waals surface area contributed by atoms with Crippen LogP contribution in [-0.4, -0.2) is 32.2 Å². The summed E-state index contributed by atoms with van der Waals surface area (Å²) in [5, 5.41) is 12.4. The van der Waals surface area contributed by atoms with Gasteiger partial charge in [-0.05, 0) is 36.8 Å². The van der Waals surface area contributed by atoms with Crippen LogP contribution in [0.25, 0.3) is 16.3 Å². The molecule has 0 unspecified atom stereocenters. The predicted molar refractivity (Wildman–Crippen MR) is 117 cm³/mol. The van der Waals surface area contributed by atoms with Crippen molar-refractivity contribution in [1.29, 1.82) is 5.26 Å². The Morgan fingerprint density at radius 2 is 2.07 bits per heavy atom. The smallest absolute Gasteiger partial charge is 0.268 e. The average Bonchev–Trinajstić information content (AvgIpc) is 3.11. The number of thiazole rings is 1. The van der Waals surface area contributed by atoms with Crippen molar-refractivity contribution in [2.45, 2.75) is 18.2 Å². The lowest BCUT2D eigenvalue weighted by atomic mass is 10.1. The summed E-state index contributed by atoms with van der Waals surface area (Å²) in [7, 11) is -3.34. The number of rotatable bonds is 7. The number of amides is 1. The fourth-order valence-electron chi connectivity index (χ4n) is 2.60. The van der Waals surface area contributed by atoms with Gasteiger partial charge in [-0.1, -0.05) is 36.5 Å². The number of anilines is 1. The monoisotopic (exact) mass is 441 g/mol. The summed E-state index contributed by atoms with van der Waals surface area (Å²) in [6, 6.07) is 13.6. The van der Waals surface area contributed by atoms with Gasteiger partial charge < -0.3 is 4.74 Å². The zero-order chi connectivity index (χ0) is 21.7. The molecule has 0 spiro atoms. The molecule has 0 fully saturated rings. The van der Waals surface area contributed by atoms with Gasteiger partial charge in [0.15, 0.2) is 15.0 Å². The van der Waals surface area contributed by atoms with Gasteiger partial charge in [-0.3, -0.25) is 10.1 Å². The first-order valence-electron chi connectivity index (χ1n) is 9.07. The van der Waals surface area contributed by atoms with Crippen LogP contribution in [0.3, 0.4) is 0 Å². The number of carbonyl (C=O) groups is 1. The van der Waals surface area contributed by atoms with Crippen molar-refractivity contribution in [3.8, 4) is 11.8 Å². The maximum Gasteiger partial charge on any atom is 0.268 e. The molecule has 3 rings (SSSR count). The minimum absolute atomic E-state index is 0.0985. The van der Waals surface area contributed by atoms with Gasteiger partial charge >= 0.3 is 0 Å². The molecule has 9 heteroatoms. The highest BCUT2D eigenvalue weighted by molar-refractivity contribution is 7.90. The zero-order valence-corrected chi connectivity index (χ0v) is 18.0. The third kappa shape index (κ3) is 5.03. The Balaban J connectivity index is 1.85. The van der Waals surface area contributed by atoms with Crippen LogP contribution < -0.4 is 10.1 Å². The van der Waals surface area contributed by atoms with E-state index in [1.807, 2.05) is 19.1 Å². The topological polar surface area (TPSA) is 109 Å². The molecule has 7 nitrogen and oxygen atoms in total. The lowest BCUT2D eigenvalue weighted by Gasteiger charge is -2.08. The van der Waals surface area contributed by atoms with Crippen LogP contribution in [0.5, 0.6) is 5.75 Å². The number of para-hydroxylation sites is 1. The molecule has 0 aliphatic rings. The largest absolute Gasteiger partial charge is 0.493 e. The molecule has 1 aromatic heterocycles. The molecule has 0 atom stereocenters. The number of nitrogens with zero attached hydrogens (tertiary/aromatic N) is 2. The fourth-order valence-corrected chi connectivity index (χ4v) is 4.22. The second-order valence-electron chi connectivity index (χ2n) is 6.43. The maximum atomic E-state index is 12.6. The lowest BCUT2D eigenvalue weighted by Crippen LogP contribution is -2.13. The highest BCUT2D eigenvalue weighted by Gasteiger charge is 2.15. The molecule has 154 valence electrons. The molecule has 30 heavy (non-hydrogen) atoms. The van der Waals surface area contributed by atoms with Crippen molar-refractivity contribution in [3.05, 3.63) is 53.6 Å². The quantitative estimate of drug-likeness (QED) is 0.438. The summed E-state index contributed by atoms with van der Waals surface area (Å²) in [5.41, 5.74) is 1.09. The second-order valence-corrected chi connectivity index (χ2v) is 9.48. The molecule has 0 aliphatic heterocycles. The summed E-state index contributed by atoms with van der Waals surface area (Å²) in [4.78, 5) is 17.1. The van der Waals surface area contributed by atoms with Crippen molar-refractivity contribution >= 4 is 48.5 Å². The van der Waals surface area contributed by atoms with Gasteiger partial charge in [-0.25, -0.2) is 13.4 Å². The Labute approximate surface area is 178 Å². The third-order valence-electron chi connectivity index (χ3n) is 4.05. The number of hydrogen-bond acceptors (Lipinski definition) is 7. The van der Waals surface area contributed by atoms with E-state index in [4.69, 9.17) is 4.74 Å².